The molecule has 0 rings (SSSR count). The van der Waals surface area contributed by atoms with Crippen LogP contribution in [0.5, 0.6) is 0 Å². The SMILES string of the molecule is [CH2]CCCCCCC(CCCCCCCC)CCCCCCCCCC. The van der Waals surface area contributed by atoms with Crippen LogP contribution in [0.1, 0.15) is 155 Å². The van der Waals surface area contributed by atoms with Crippen LogP contribution in [0, 0.1) is 12.8 Å². The number of hydrogen-bond acceptors (Lipinski definition) is 0. The molecule has 0 aliphatic heterocycles. The van der Waals surface area contributed by atoms with Crippen molar-refractivity contribution in [2.45, 2.75) is 155 Å². The van der Waals surface area contributed by atoms with Gasteiger partial charge in [-0.25, -0.2) is 0 Å². The van der Waals surface area contributed by atoms with Crippen molar-refractivity contribution in [1.29, 1.82) is 0 Å². The Morgan fingerprint density at radius 3 is 1.08 bits per heavy atom. The first kappa shape index (κ1) is 26.0. The molecule has 1 atom stereocenters. The monoisotopic (exact) mass is 365 g/mol. The highest BCUT2D eigenvalue weighted by atomic mass is 14.1. The van der Waals surface area contributed by atoms with Crippen molar-refractivity contribution in [3.05, 3.63) is 6.92 Å². The molecule has 0 aromatic heterocycles. The average molecular weight is 366 g/mol. The second kappa shape index (κ2) is 23.0. The Hall–Kier alpha value is 0. The number of unbranched alkanes of at least 4 members (excludes halogenated alkanes) is 16. The largest absolute Gasteiger partial charge is 0.0654 e. The summed E-state index contributed by atoms with van der Waals surface area (Å²) in [7, 11) is 0. The Kier molecular flexibility index (Phi) is 23.0. The van der Waals surface area contributed by atoms with Gasteiger partial charge in [-0.2, -0.15) is 0 Å². The summed E-state index contributed by atoms with van der Waals surface area (Å²) in [5, 5.41) is 0. The van der Waals surface area contributed by atoms with Crippen LogP contribution in [0.2, 0.25) is 0 Å². The van der Waals surface area contributed by atoms with Crippen molar-refractivity contribution in [3.8, 4) is 0 Å². The molecule has 1 radical (unpaired) electrons. The van der Waals surface area contributed by atoms with Gasteiger partial charge in [0.05, 0.1) is 0 Å². The molecule has 26 heavy (non-hydrogen) atoms. The van der Waals surface area contributed by atoms with E-state index < -0.39 is 0 Å². The van der Waals surface area contributed by atoms with Gasteiger partial charge in [-0.05, 0) is 5.92 Å². The van der Waals surface area contributed by atoms with E-state index in [0.29, 0.717) is 0 Å². The summed E-state index contributed by atoms with van der Waals surface area (Å²) in [5.41, 5.74) is 0. The maximum absolute atomic E-state index is 3.97. The number of rotatable bonds is 22. The van der Waals surface area contributed by atoms with Crippen LogP contribution in [-0.2, 0) is 0 Å². The van der Waals surface area contributed by atoms with E-state index in [1.807, 2.05) is 0 Å². The Bertz CT molecular complexity index is 232. The third-order valence-electron chi connectivity index (χ3n) is 6.04. The smallest absolute Gasteiger partial charge is 0.0414 e. The highest BCUT2D eigenvalue weighted by Crippen LogP contribution is 2.24. The van der Waals surface area contributed by atoms with E-state index in [1.54, 1.807) is 0 Å². The summed E-state index contributed by atoms with van der Waals surface area (Å²) in [6.45, 7) is 8.59. The van der Waals surface area contributed by atoms with Crippen molar-refractivity contribution >= 4 is 0 Å². The zero-order valence-corrected chi connectivity index (χ0v) is 18.8. The molecule has 0 saturated carbocycles. The van der Waals surface area contributed by atoms with Gasteiger partial charge in [-0.15, -0.1) is 0 Å². The molecule has 157 valence electrons. The molecular weight excluding hydrogens is 312 g/mol. The zero-order valence-electron chi connectivity index (χ0n) is 18.8. The Morgan fingerprint density at radius 1 is 0.423 bits per heavy atom. The van der Waals surface area contributed by atoms with Gasteiger partial charge in [0.1, 0.15) is 0 Å². The molecule has 0 aliphatic carbocycles. The third kappa shape index (κ3) is 20.3. The lowest BCUT2D eigenvalue weighted by molar-refractivity contribution is 0.366. The summed E-state index contributed by atoms with van der Waals surface area (Å²) in [6, 6.07) is 0. The van der Waals surface area contributed by atoms with Crippen LogP contribution >= 0.6 is 0 Å². The van der Waals surface area contributed by atoms with Crippen LogP contribution in [0.25, 0.3) is 0 Å². The van der Waals surface area contributed by atoms with Crippen LogP contribution in [0.15, 0.2) is 0 Å². The van der Waals surface area contributed by atoms with Crippen LogP contribution in [0.3, 0.4) is 0 Å². The van der Waals surface area contributed by atoms with E-state index in [0.717, 1.165) is 12.3 Å². The fourth-order valence-electron chi connectivity index (χ4n) is 4.18. The van der Waals surface area contributed by atoms with Gasteiger partial charge < -0.3 is 0 Å². The predicted molar refractivity (Wildman–Crippen MR) is 122 cm³/mol. The molecule has 0 aromatic carbocycles. The second-order valence-electron chi connectivity index (χ2n) is 8.74. The molecule has 0 nitrogen and oxygen atoms in total. The highest BCUT2D eigenvalue weighted by Gasteiger charge is 2.08. The summed E-state index contributed by atoms with van der Waals surface area (Å²) in [6.07, 6.45) is 31.7. The molecule has 0 bridgehead atoms. The normalized spacial score (nSPS) is 12.6. The fraction of sp³-hybridized carbons (Fsp3) is 0.962. The van der Waals surface area contributed by atoms with Crippen molar-refractivity contribution in [3.63, 3.8) is 0 Å². The minimum Gasteiger partial charge on any atom is -0.0654 e. The van der Waals surface area contributed by atoms with Gasteiger partial charge in [0, 0.05) is 0 Å². The minimum absolute atomic E-state index is 1.03. The Labute approximate surface area is 168 Å². The second-order valence-corrected chi connectivity index (χ2v) is 8.74. The topological polar surface area (TPSA) is 0 Å². The first-order valence-corrected chi connectivity index (χ1v) is 12.6. The summed E-state index contributed by atoms with van der Waals surface area (Å²) in [5.74, 6) is 1.03. The van der Waals surface area contributed by atoms with Crippen molar-refractivity contribution < 1.29 is 0 Å². The highest BCUT2D eigenvalue weighted by molar-refractivity contribution is 4.62. The molecule has 0 saturated heterocycles. The lowest BCUT2D eigenvalue weighted by Crippen LogP contribution is -2.01. The van der Waals surface area contributed by atoms with Gasteiger partial charge in [-0.1, -0.05) is 162 Å². The van der Waals surface area contributed by atoms with E-state index in [4.69, 9.17) is 0 Å². The van der Waals surface area contributed by atoms with E-state index in [1.165, 1.54) is 135 Å². The molecular formula is C26H53. The fourth-order valence-corrected chi connectivity index (χ4v) is 4.18. The van der Waals surface area contributed by atoms with Crippen molar-refractivity contribution in [2.75, 3.05) is 0 Å². The van der Waals surface area contributed by atoms with E-state index >= 15 is 0 Å². The van der Waals surface area contributed by atoms with Gasteiger partial charge in [0.25, 0.3) is 0 Å². The molecule has 1 unspecified atom stereocenters. The molecule has 0 spiro atoms. The quantitative estimate of drug-likeness (QED) is 0.167. The van der Waals surface area contributed by atoms with Crippen molar-refractivity contribution in [2.24, 2.45) is 5.92 Å². The Morgan fingerprint density at radius 2 is 0.731 bits per heavy atom. The Balaban J connectivity index is 3.74. The first-order valence-electron chi connectivity index (χ1n) is 12.6. The molecule has 0 amide bonds. The molecule has 0 aromatic rings. The van der Waals surface area contributed by atoms with E-state index in [9.17, 15) is 0 Å². The molecule has 0 heterocycles. The molecule has 0 heteroatoms. The average Bonchev–Trinajstić information content (AvgIpc) is 2.65. The maximum atomic E-state index is 3.97. The van der Waals surface area contributed by atoms with Crippen LogP contribution in [-0.4, -0.2) is 0 Å². The van der Waals surface area contributed by atoms with E-state index in [-0.39, 0.29) is 0 Å². The molecule has 0 fully saturated rings. The zero-order chi connectivity index (χ0) is 19.1. The first-order chi connectivity index (χ1) is 12.8. The summed E-state index contributed by atoms with van der Waals surface area (Å²) >= 11 is 0. The van der Waals surface area contributed by atoms with Gasteiger partial charge in [0.15, 0.2) is 0 Å². The van der Waals surface area contributed by atoms with Gasteiger partial charge in [0.2, 0.25) is 0 Å². The van der Waals surface area contributed by atoms with E-state index in [2.05, 4.69) is 20.8 Å². The summed E-state index contributed by atoms with van der Waals surface area (Å²) < 4.78 is 0. The predicted octanol–water partition coefficient (Wildman–Crippen LogP) is 10.1. The van der Waals surface area contributed by atoms with Gasteiger partial charge in [-0.3, -0.25) is 0 Å². The standard InChI is InChI=1S/C26H53/c1-4-7-10-13-15-16-19-22-25-26(23-20-17-12-9-6-3)24-21-18-14-11-8-5-2/h26H,3-25H2,1-2H3. The summed E-state index contributed by atoms with van der Waals surface area (Å²) in [4.78, 5) is 0. The minimum atomic E-state index is 1.03. The molecule has 0 aliphatic rings. The third-order valence-corrected chi connectivity index (χ3v) is 6.04. The van der Waals surface area contributed by atoms with Gasteiger partial charge >= 0.3 is 0 Å². The van der Waals surface area contributed by atoms with Crippen molar-refractivity contribution in [1.82, 2.24) is 0 Å². The van der Waals surface area contributed by atoms with Crippen LogP contribution < -0.4 is 0 Å². The lowest BCUT2D eigenvalue weighted by atomic mass is 9.89. The molecule has 0 N–H and O–H groups in total. The number of hydrogen-bond donors (Lipinski definition) is 0. The maximum Gasteiger partial charge on any atom is -0.0414 e. The van der Waals surface area contributed by atoms with Crippen LogP contribution in [0.4, 0.5) is 0 Å². The lowest BCUT2D eigenvalue weighted by Gasteiger charge is -2.17.